The summed E-state index contributed by atoms with van der Waals surface area (Å²) >= 11 is 4.09. The fourth-order valence-corrected chi connectivity index (χ4v) is 0.795. The van der Waals surface area contributed by atoms with Crippen molar-refractivity contribution in [3.63, 3.8) is 0 Å². The lowest BCUT2D eigenvalue weighted by Crippen LogP contribution is -2.16. The Hall–Kier alpha value is 0.310. The van der Waals surface area contributed by atoms with E-state index in [0.717, 1.165) is 18.6 Å². The van der Waals surface area contributed by atoms with Crippen LogP contribution < -0.4 is 0 Å². The predicted molar refractivity (Wildman–Crippen MR) is 44.0 cm³/mol. The highest BCUT2D eigenvalue weighted by Gasteiger charge is 2.14. The van der Waals surface area contributed by atoms with Crippen molar-refractivity contribution in [1.82, 2.24) is 0 Å². The number of hydrogen-bond donors (Lipinski definition) is 2. The average Bonchev–Trinajstić information content (AvgIpc) is 1.84. The molecule has 9 heavy (non-hydrogen) atoms. The van der Waals surface area contributed by atoms with Crippen molar-refractivity contribution in [3.8, 4) is 0 Å². The van der Waals surface area contributed by atoms with Gasteiger partial charge in [0, 0.05) is 6.61 Å². The molecule has 0 rings (SSSR count). The molecule has 0 spiro atoms. The van der Waals surface area contributed by atoms with Crippen LogP contribution in [0.25, 0.3) is 0 Å². The number of thiol groups is 1. The first-order valence-electron chi connectivity index (χ1n) is 3.34. The van der Waals surface area contributed by atoms with Crippen molar-refractivity contribution in [2.45, 2.75) is 26.7 Å². The maximum Gasteiger partial charge on any atom is 0.0482 e. The minimum absolute atomic E-state index is 0.0999. The summed E-state index contributed by atoms with van der Waals surface area (Å²) < 4.78 is 0. The molecule has 0 radical (unpaired) electrons. The molecule has 0 heterocycles. The van der Waals surface area contributed by atoms with Gasteiger partial charge >= 0.3 is 0 Å². The summed E-state index contributed by atoms with van der Waals surface area (Å²) in [6, 6.07) is 0. The molecule has 0 bridgehead atoms. The van der Waals surface area contributed by atoms with Crippen molar-refractivity contribution >= 4 is 12.6 Å². The van der Waals surface area contributed by atoms with E-state index < -0.39 is 0 Å². The first-order valence-corrected chi connectivity index (χ1v) is 3.97. The molecule has 2 heteroatoms. The highest BCUT2D eigenvalue weighted by Crippen LogP contribution is 2.20. The van der Waals surface area contributed by atoms with Crippen molar-refractivity contribution in [3.05, 3.63) is 0 Å². The maximum absolute atomic E-state index is 8.80. The third-order valence-electron chi connectivity index (χ3n) is 1.44. The molecule has 0 aromatic carbocycles. The average molecular weight is 148 g/mol. The molecule has 0 amide bonds. The van der Waals surface area contributed by atoms with Gasteiger partial charge in [-0.3, -0.25) is 0 Å². The molecule has 0 aliphatic heterocycles. The quantitative estimate of drug-likeness (QED) is 0.582. The van der Waals surface area contributed by atoms with E-state index in [4.69, 9.17) is 5.11 Å². The third-order valence-corrected chi connectivity index (χ3v) is 1.76. The molecule has 0 saturated carbocycles. The van der Waals surface area contributed by atoms with Gasteiger partial charge < -0.3 is 5.11 Å². The van der Waals surface area contributed by atoms with Crippen LogP contribution in [-0.4, -0.2) is 17.5 Å². The fraction of sp³-hybridized carbons (Fsp3) is 1.00. The normalized spacial score (nSPS) is 12.0. The molecule has 0 unspecified atom stereocenters. The van der Waals surface area contributed by atoms with Gasteiger partial charge in [-0.2, -0.15) is 12.6 Å². The fourth-order valence-electron chi connectivity index (χ4n) is 0.637. The minimum atomic E-state index is 0.0999. The van der Waals surface area contributed by atoms with Gasteiger partial charge in [-0.1, -0.05) is 13.8 Å². The SMILES string of the molecule is CC(C)(CO)CCCS. The topological polar surface area (TPSA) is 20.2 Å². The smallest absolute Gasteiger partial charge is 0.0482 e. The Morgan fingerprint density at radius 1 is 1.44 bits per heavy atom. The zero-order chi connectivity index (χ0) is 7.33. The predicted octanol–water partition coefficient (Wildman–Crippen LogP) is 1.71. The molecule has 0 saturated heterocycles. The molecule has 0 aliphatic rings. The van der Waals surface area contributed by atoms with E-state index in [0.29, 0.717) is 0 Å². The number of aliphatic hydroxyl groups excluding tert-OH is 1. The van der Waals surface area contributed by atoms with Crippen LogP contribution in [0.15, 0.2) is 0 Å². The van der Waals surface area contributed by atoms with Crippen molar-refractivity contribution in [2.24, 2.45) is 5.41 Å². The van der Waals surface area contributed by atoms with Crippen molar-refractivity contribution in [2.75, 3.05) is 12.4 Å². The molecule has 0 aromatic heterocycles. The Kier molecular flexibility index (Phi) is 4.32. The Morgan fingerprint density at radius 2 is 2.00 bits per heavy atom. The summed E-state index contributed by atoms with van der Waals surface area (Å²) in [4.78, 5) is 0. The molecule has 0 aliphatic carbocycles. The van der Waals surface area contributed by atoms with Gasteiger partial charge in [-0.25, -0.2) is 0 Å². The lowest BCUT2D eigenvalue weighted by Gasteiger charge is -2.20. The molecule has 0 fully saturated rings. The van der Waals surface area contributed by atoms with Crippen molar-refractivity contribution < 1.29 is 5.11 Å². The van der Waals surface area contributed by atoms with Gasteiger partial charge in [0.05, 0.1) is 0 Å². The minimum Gasteiger partial charge on any atom is -0.396 e. The van der Waals surface area contributed by atoms with Gasteiger partial charge in [0.15, 0.2) is 0 Å². The van der Waals surface area contributed by atoms with Gasteiger partial charge in [0.25, 0.3) is 0 Å². The Balaban J connectivity index is 3.33. The van der Waals surface area contributed by atoms with Gasteiger partial charge in [-0.15, -0.1) is 0 Å². The van der Waals surface area contributed by atoms with E-state index >= 15 is 0 Å². The van der Waals surface area contributed by atoms with Gasteiger partial charge in [0.1, 0.15) is 0 Å². The lowest BCUT2D eigenvalue weighted by atomic mass is 9.89. The first-order chi connectivity index (χ1) is 4.12. The van der Waals surface area contributed by atoms with Crippen LogP contribution in [-0.2, 0) is 0 Å². The molecule has 1 nitrogen and oxygen atoms in total. The standard InChI is InChI=1S/C7H16OS/c1-7(2,6-8)4-3-5-9/h8-9H,3-6H2,1-2H3. The molecule has 0 aromatic rings. The number of rotatable bonds is 4. The summed E-state index contributed by atoms with van der Waals surface area (Å²) in [5.41, 5.74) is 0.0999. The molecular weight excluding hydrogens is 132 g/mol. The van der Waals surface area contributed by atoms with E-state index in [2.05, 4.69) is 26.5 Å². The van der Waals surface area contributed by atoms with E-state index in [1.54, 1.807) is 0 Å². The summed E-state index contributed by atoms with van der Waals surface area (Å²) in [5.74, 6) is 0.920. The van der Waals surface area contributed by atoms with E-state index in [1.165, 1.54) is 0 Å². The molecule has 56 valence electrons. The number of aliphatic hydroxyl groups is 1. The van der Waals surface area contributed by atoms with Crippen LogP contribution in [0.4, 0.5) is 0 Å². The Labute approximate surface area is 62.9 Å². The first kappa shape index (κ1) is 9.31. The summed E-state index contributed by atoms with van der Waals surface area (Å²) in [6.45, 7) is 4.41. The highest BCUT2D eigenvalue weighted by atomic mass is 32.1. The number of hydrogen-bond acceptors (Lipinski definition) is 2. The van der Waals surface area contributed by atoms with Crippen LogP contribution in [0.3, 0.4) is 0 Å². The van der Waals surface area contributed by atoms with Crippen LogP contribution >= 0.6 is 12.6 Å². The summed E-state index contributed by atoms with van der Waals surface area (Å²) in [7, 11) is 0. The van der Waals surface area contributed by atoms with Crippen LogP contribution in [0.2, 0.25) is 0 Å². The zero-order valence-electron chi connectivity index (χ0n) is 6.22. The largest absolute Gasteiger partial charge is 0.396 e. The van der Waals surface area contributed by atoms with Crippen molar-refractivity contribution in [1.29, 1.82) is 0 Å². The van der Waals surface area contributed by atoms with Gasteiger partial charge in [-0.05, 0) is 24.0 Å². The second-order valence-electron chi connectivity index (χ2n) is 3.15. The van der Waals surface area contributed by atoms with E-state index in [-0.39, 0.29) is 12.0 Å². The lowest BCUT2D eigenvalue weighted by molar-refractivity contribution is 0.150. The Bertz CT molecular complexity index is 71.3. The molecule has 0 atom stereocenters. The monoisotopic (exact) mass is 148 g/mol. The Morgan fingerprint density at radius 3 is 2.33 bits per heavy atom. The van der Waals surface area contributed by atoms with Crippen LogP contribution in [0, 0.1) is 5.41 Å². The van der Waals surface area contributed by atoms with Gasteiger partial charge in [0.2, 0.25) is 0 Å². The zero-order valence-corrected chi connectivity index (χ0v) is 7.12. The van der Waals surface area contributed by atoms with Crippen LogP contribution in [0.5, 0.6) is 0 Å². The molecule has 1 N–H and O–H groups in total. The van der Waals surface area contributed by atoms with E-state index in [9.17, 15) is 0 Å². The second kappa shape index (κ2) is 4.18. The second-order valence-corrected chi connectivity index (χ2v) is 3.60. The third kappa shape index (κ3) is 4.79. The molecular formula is C7H16OS. The van der Waals surface area contributed by atoms with Crippen LogP contribution in [0.1, 0.15) is 26.7 Å². The summed E-state index contributed by atoms with van der Waals surface area (Å²) in [6.07, 6.45) is 2.16. The summed E-state index contributed by atoms with van der Waals surface area (Å²) in [5, 5.41) is 8.80. The maximum atomic E-state index is 8.80. The highest BCUT2D eigenvalue weighted by molar-refractivity contribution is 7.80. The van der Waals surface area contributed by atoms with E-state index in [1.807, 2.05) is 0 Å².